The highest BCUT2D eigenvalue weighted by Gasteiger charge is 2.25. The summed E-state index contributed by atoms with van der Waals surface area (Å²) < 4.78 is 11.0. The fourth-order valence-corrected chi connectivity index (χ4v) is 3.15. The Balaban J connectivity index is 1.48. The van der Waals surface area contributed by atoms with Crippen molar-refractivity contribution in [2.24, 2.45) is 0 Å². The summed E-state index contributed by atoms with van der Waals surface area (Å²) in [5, 5.41) is 2.94. The molecule has 2 aliphatic rings. The highest BCUT2D eigenvalue weighted by Crippen LogP contribution is 2.23. The number of amides is 2. The molecule has 1 atom stereocenters. The first-order valence-corrected chi connectivity index (χ1v) is 8.29. The van der Waals surface area contributed by atoms with E-state index in [0.29, 0.717) is 17.5 Å². The third kappa shape index (κ3) is 4.14. The van der Waals surface area contributed by atoms with Gasteiger partial charge in [-0.25, -0.2) is 4.79 Å². The molecule has 1 aromatic rings. The summed E-state index contributed by atoms with van der Waals surface area (Å²) in [6.07, 6.45) is 2.71. The summed E-state index contributed by atoms with van der Waals surface area (Å²) in [5.74, 6) is 0.679. The second-order valence-electron chi connectivity index (χ2n) is 6.05. The van der Waals surface area contributed by atoms with Crippen LogP contribution in [-0.4, -0.2) is 68.4 Å². The molecule has 0 aromatic heterocycles. The monoisotopic (exact) mass is 319 g/mol. The van der Waals surface area contributed by atoms with E-state index < -0.39 is 0 Å². The van der Waals surface area contributed by atoms with E-state index in [4.69, 9.17) is 9.47 Å². The van der Waals surface area contributed by atoms with Crippen molar-refractivity contribution in [3.05, 3.63) is 24.3 Å². The van der Waals surface area contributed by atoms with Crippen molar-refractivity contribution in [3.8, 4) is 5.75 Å². The van der Waals surface area contributed by atoms with Crippen molar-refractivity contribution in [2.45, 2.75) is 18.9 Å². The molecule has 1 aromatic carbocycles. The standard InChI is InChI=1S/C17H25N3O3/c1-22-16-7-3-2-6-15(16)18-17(21)20-10-8-19(9-11-20)13-14-5-4-12-23-14/h2-3,6-7,14H,4-5,8-13H2,1H3,(H,18,21)/t14-/m0/s1. The average molecular weight is 319 g/mol. The van der Waals surface area contributed by atoms with Crippen molar-refractivity contribution in [3.63, 3.8) is 0 Å². The molecule has 2 heterocycles. The maximum atomic E-state index is 12.4. The summed E-state index contributed by atoms with van der Waals surface area (Å²) >= 11 is 0. The second-order valence-corrected chi connectivity index (χ2v) is 6.05. The zero-order valence-corrected chi connectivity index (χ0v) is 13.7. The number of nitrogens with zero attached hydrogens (tertiary/aromatic N) is 2. The molecule has 0 spiro atoms. The van der Waals surface area contributed by atoms with Gasteiger partial charge in [0.1, 0.15) is 5.75 Å². The lowest BCUT2D eigenvalue weighted by atomic mass is 10.2. The molecule has 126 valence electrons. The molecule has 0 bridgehead atoms. The number of benzene rings is 1. The van der Waals surface area contributed by atoms with Gasteiger partial charge in [0.05, 0.1) is 18.9 Å². The van der Waals surface area contributed by atoms with Crippen LogP contribution in [0.3, 0.4) is 0 Å². The number of piperazine rings is 1. The largest absolute Gasteiger partial charge is 0.495 e. The Morgan fingerprint density at radius 1 is 1.30 bits per heavy atom. The van der Waals surface area contributed by atoms with Gasteiger partial charge in [0.15, 0.2) is 0 Å². The number of rotatable bonds is 4. The number of nitrogens with one attached hydrogen (secondary N) is 1. The van der Waals surface area contributed by atoms with Gasteiger partial charge >= 0.3 is 6.03 Å². The second kappa shape index (κ2) is 7.66. The molecule has 2 fully saturated rings. The number of anilines is 1. The highest BCUT2D eigenvalue weighted by molar-refractivity contribution is 5.91. The number of para-hydroxylation sites is 2. The molecule has 1 N–H and O–H groups in total. The Bertz CT molecular complexity index is 524. The first-order valence-electron chi connectivity index (χ1n) is 8.29. The molecule has 6 nitrogen and oxygen atoms in total. The van der Waals surface area contributed by atoms with Gasteiger partial charge in [-0.2, -0.15) is 0 Å². The fourth-order valence-electron chi connectivity index (χ4n) is 3.15. The van der Waals surface area contributed by atoms with Gasteiger partial charge in [-0.15, -0.1) is 0 Å². The Hall–Kier alpha value is -1.79. The van der Waals surface area contributed by atoms with Gasteiger partial charge in [-0.05, 0) is 25.0 Å². The summed E-state index contributed by atoms with van der Waals surface area (Å²) in [4.78, 5) is 16.7. The van der Waals surface area contributed by atoms with Crippen LogP contribution in [0.1, 0.15) is 12.8 Å². The van der Waals surface area contributed by atoms with Crippen LogP contribution in [0, 0.1) is 0 Å². The number of hydrogen-bond donors (Lipinski definition) is 1. The predicted octanol–water partition coefficient (Wildman–Crippen LogP) is 2.02. The predicted molar refractivity (Wildman–Crippen MR) is 89.0 cm³/mol. The van der Waals surface area contributed by atoms with Gasteiger partial charge in [0, 0.05) is 39.3 Å². The molecule has 6 heteroatoms. The summed E-state index contributed by atoms with van der Waals surface area (Å²) in [5.41, 5.74) is 0.710. The lowest BCUT2D eigenvalue weighted by Crippen LogP contribution is -2.51. The van der Waals surface area contributed by atoms with E-state index in [9.17, 15) is 4.79 Å². The zero-order valence-electron chi connectivity index (χ0n) is 13.7. The molecule has 2 saturated heterocycles. The Morgan fingerprint density at radius 2 is 2.09 bits per heavy atom. The maximum Gasteiger partial charge on any atom is 0.322 e. The average Bonchev–Trinajstić information content (AvgIpc) is 3.09. The quantitative estimate of drug-likeness (QED) is 0.922. The number of hydrogen-bond acceptors (Lipinski definition) is 4. The van der Waals surface area contributed by atoms with Gasteiger partial charge in [0.2, 0.25) is 0 Å². The van der Waals surface area contributed by atoms with Crippen molar-refractivity contribution in [2.75, 3.05) is 51.8 Å². The van der Waals surface area contributed by atoms with E-state index >= 15 is 0 Å². The molecular formula is C17H25N3O3. The molecule has 0 radical (unpaired) electrons. The SMILES string of the molecule is COc1ccccc1NC(=O)N1CCN(C[C@@H]2CCCO2)CC1. The molecule has 0 aliphatic carbocycles. The lowest BCUT2D eigenvalue weighted by molar-refractivity contribution is 0.0571. The first-order chi connectivity index (χ1) is 11.3. The van der Waals surface area contributed by atoms with Crippen LogP contribution in [0.25, 0.3) is 0 Å². The van der Waals surface area contributed by atoms with Crippen LogP contribution in [0.5, 0.6) is 5.75 Å². The smallest absolute Gasteiger partial charge is 0.322 e. The molecule has 0 unspecified atom stereocenters. The normalized spacial score (nSPS) is 22.1. The molecule has 0 saturated carbocycles. The third-order valence-electron chi connectivity index (χ3n) is 4.49. The van der Waals surface area contributed by atoms with E-state index in [0.717, 1.165) is 45.8 Å². The van der Waals surface area contributed by atoms with Gasteiger partial charge in [-0.1, -0.05) is 12.1 Å². The van der Waals surface area contributed by atoms with E-state index in [1.807, 2.05) is 29.2 Å². The Labute approximate surface area is 137 Å². The fraction of sp³-hybridized carbons (Fsp3) is 0.588. The third-order valence-corrected chi connectivity index (χ3v) is 4.49. The van der Waals surface area contributed by atoms with Crippen molar-refractivity contribution >= 4 is 11.7 Å². The van der Waals surface area contributed by atoms with E-state index in [2.05, 4.69) is 10.2 Å². The van der Waals surface area contributed by atoms with E-state index in [1.54, 1.807) is 7.11 Å². The summed E-state index contributed by atoms with van der Waals surface area (Å²) in [6, 6.07) is 7.40. The maximum absolute atomic E-state index is 12.4. The lowest BCUT2D eigenvalue weighted by Gasteiger charge is -2.35. The topological polar surface area (TPSA) is 54.0 Å². The van der Waals surface area contributed by atoms with Crippen molar-refractivity contribution in [1.82, 2.24) is 9.80 Å². The Morgan fingerprint density at radius 3 is 2.78 bits per heavy atom. The van der Waals surface area contributed by atoms with Crippen LogP contribution >= 0.6 is 0 Å². The number of carbonyl (C=O) groups is 1. The van der Waals surface area contributed by atoms with Crippen LogP contribution in [0.4, 0.5) is 10.5 Å². The molecule has 3 rings (SSSR count). The summed E-state index contributed by atoms with van der Waals surface area (Å²) in [7, 11) is 1.61. The summed E-state index contributed by atoms with van der Waals surface area (Å²) in [6.45, 7) is 5.17. The van der Waals surface area contributed by atoms with Crippen molar-refractivity contribution in [1.29, 1.82) is 0 Å². The van der Waals surface area contributed by atoms with Crippen LogP contribution in [0.2, 0.25) is 0 Å². The minimum Gasteiger partial charge on any atom is -0.495 e. The molecule has 2 amide bonds. The number of methoxy groups -OCH3 is 1. The number of carbonyl (C=O) groups excluding carboxylic acids is 1. The van der Waals surface area contributed by atoms with Gasteiger partial charge in [-0.3, -0.25) is 4.90 Å². The van der Waals surface area contributed by atoms with Gasteiger partial charge < -0.3 is 19.7 Å². The van der Waals surface area contributed by atoms with E-state index in [-0.39, 0.29) is 6.03 Å². The highest BCUT2D eigenvalue weighted by atomic mass is 16.5. The zero-order chi connectivity index (χ0) is 16.1. The number of ether oxygens (including phenoxy) is 2. The van der Waals surface area contributed by atoms with E-state index in [1.165, 1.54) is 6.42 Å². The van der Waals surface area contributed by atoms with Crippen LogP contribution < -0.4 is 10.1 Å². The van der Waals surface area contributed by atoms with Crippen molar-refractivity contribution < 1.29 is 14.3 Å². The van der Waals surface area contributed by atoms with Gasteiger partial charge in [0.25, 0.3) is 0 Å². The molecular weight excluding hydrogens is 294 g/mol. The number of urea groups is 1. The molecule has 2 aliphatic heterocycles. The molecule has 23 heavy (non-hydrogen) atoms. The minimum absolute atomic E-state index is 0.0636. The first kappa shape index (κ1) is 16.1. The van der Waals surface area contributed by atoms with Crippen LogP contribution in [0.15, 0.2) is 24.3 Å². The Kier molecular flexibility index (Phi) is 5.35. The minimum atomic E-state index is -0.0636. The van der Waals surface area contributed by atoms with Crippen LogP contribution in [-0.2, 0) is 4.74 Å².